The van der Waals surface area contributed by atoms with Gasteiger partial charge in [0, 0.05) is 38.1 Å². The van der Waals surface area contributed by atoms with Crippen molar-refractivity contribution in [1.82, 2.24) is 24.8 Å². The third kappa shape index (κ3) is 6.03. The molecule has 1 aromatic carbocycles. The minimum absolute atomic E-state index is 0.0444. The maximum atomic E-state index is 13.0. The van der Waals surface area contributed by atoms with E-state index in [1.807, 2.05) is 47.5 Å². The van der Waals surface area contributed by atoms with Gasteiger partial charge in [-0.1, -0.05) is 29.3 Å². The number of aryl methyl sites for hydroxylation is 2. The van der Waals surface area contributed by atoms with Gasteiger partial charge in [0.25, 0.3) is 5.91 Å². The van der Waals surface area contributed by atoms with E-state index in [1.54, 1.807) is 18.5 Å². The Morgan fingerprint density at radius 2 is 1.80 bits per heavy atom. The van der Waals surface area contributed by atoms with Crippen LogP contribution < -0.4 is 20.3 Å². The van der Waals surface area contributed by atoms with Crippen molar-refractivity contribution in [3.63, 3.8) is 0 Å². The normalized spacial score (nSPS) is 14.7. The summed E-state index contributed by atoms with van der Waals surface area (Å²) in [5.74, 6) is 2.31. The molecule has 10 nitrogen and oxygen atoms in total. The lowest BCUT2D eigenvalue weighted by Crippen LogP contribution is -2.50. The van der Waals surface area contributed by atoms with Crippen LogP contribution in [0.1, 0.15) is 11.1 Å². The number of carbonyl (C=O) groups is 1. The lowest BCUT2D eigenvalue weighted by atomic mass is 10.0. The van der Waals surface area contributed by atoms with Crippen LogP contribution in [0.2, 0.25) is 10.2 Å². The second-order valence-electron chi connectivity index (χ2n) is 9.52. The highest BCUT2D eigenvalue weighted by Crippen LogP contribution is 2.30. The standard InChI is InChI=1S/C28H26Cl2N8O2/c29-22-16-32-28-34-21-12-18(14-31-15-21)4-5-19-13-20(33-27(22)36-28)6-7-23(19)40-17-26(39)38-10-8-37(9-11-38)25-3-1-2-24(30)35-25/h1-3,6-7,12-16H,4-5,8-11,17H2,(H2,32,33,34,36). The van der Waals surface area contributed by atoms with Crippen LogP contribution in [0.3, 0.4) is 0 Å². The first-order valence-electron chi connectivity index (χ1n) is 12.9. The van der Waals surface area contributed by atoms with Crippen molar-refractivity contribution in [3.8, 4) is 5.75 Å². The van der Waals surface area contributed by atoms with Gasteiger partial charge in [0.05, 0.1) is 18.1 Å². The molecule has 2 aliphatic rings. The predicted molar refractivity (Wildman–Crippen MR) is 155 cm³/mol. The molecule has 0 spiro atoms. The molecule has 4 aromatic rings. The summed E-state index contributed by atoms with van der Waals surface area (Å²) in [4.78, 5) is 34.5. The van der Waals surface area contributed by atoms with Gasteiger partial charge in [-0.25, -0.2) is 9.97 Å². The number of hydrogen-bond acceptors (Lipinski definition) is 9. The molecule has 0 saturated carbocycles. The number of carbonyl (C=O) groups excluding carboxylic acids is 1. The third-order valence-corrected chi connectivity index (χ3v) is 7.30. The number of piperazine rings is 1. The van der Waals surface area contributed by atoms with Crippen molar-refractivity contribution < 1.29 is 9.53 Å². The fraction of sp³-hybridized carbons (Fsp3) is 0.250. The van der Waals surface area contributed by atoms with Gasteiger partial charge in [0.15, 0.2) is 12.4 Å². The van der Waals surface area contributed by atoms with Crippen molar-refractivity contribution in [2.45, 2.75) is 12.8 Å². The largest absolute Gasteiger partial charge is 0.483 e. The zero-order valence-corrected chi connectivity index (χ0v) is 23.0. The van der Waals surface area contributed by atoms with E-state index in [0.717, 1.165) is 34.7 Å². The van der Waals surface area contributed by atoms with E-state index in [1.165, 1.54) is 0 Å². The molecular weight excluding hydrogens is 551 g/mol. The highest BCUT2D eigenvalue weighted by molar-refractivity contribution is 6.33. The lowest BCUT2D eigenvalue weighted by molar-refractivity contribution is -0.133. The van der Waals surface area contributed by atoms with Crippen LogP contribution in [0.25, 0.3) is 0 Å². The van der Waals surface area contributed by atoms with Crippen molar-refractivity contribution >= 4 is 58.1 Å². The molecule has 0 aliphatic carbocycles. The molecule has 0 radical (unpaired) electrons. The Balaban J connectivity index is 1.16. The Morgan fingerprint density at radius 3 is 2.65 bits per heavy atom. The number of benzene rings is 1. The minimum Gasteiger partial charge on any atom is -0.483 e. The molecule has 0 unspecified atom stereocenters. The zero-order chi connectivity index (χ0) is 27.5. The average molecular weight is 577 g/mol. The number of rotatable bonds is 4. The van der Waals surface area contributed by atoms with Crippen LogP contribution in [-0.2, 0) is 17.6 Å². The van der Waals surface area contributed by atoms with Crippen LogP contribution in [0.5, 0.6) is 5.75 Å². The van der Waals surface area contributed by atoms with Gasteiger partial charge in [-0.2, -0.15) is 4.98 Å². The lowest BCUT2D eigenvalue weighted by Gasteiger charge is -2.35. The fourth-order valence-electron chi connectivity index (χ4n) is 4.74. The van der Waals surface area contributed by atoms with E-state index >= 15 is 0 Å². The molecule has 5 heterocycles. The van der Waals surface area contributed by atoms with Gasteiger partial charge in [-0.05, 0) is 60.4 Å². The third-order valence-electron chi connectivity index (χ3n) is 6.81. The predicted octanol–water partition coefficient (Wildman–Crippen LogP) is 4.89. The van der Waals surface area contributed by atoms with Crippen LogP contribution >= 0.6 is 23.2 Å². The maximum Gasteiger partial charge on any atom is 0.260 e. The number of nitrogens with one attached hydrogen (secondary N) is 2. The van der Waals surface area contributed by atoms with Crippen LogP contribution in [-0.4, -0.2) is 63.5 Å². The molecule has 6 bridgehead atoms. The number of amides is 1. The topological polar surface area (TPSA) is 108 Å². The van der Waals surface area contributed by atoms with E-state index < -0.39 is 0 Å². The number of hydrogen-bond donors (Lipinski definition) is 2. The summed E-state index contributed by atoms with van der Waals surface area (Å²) >= 11 is 12.4. The number of halogens is 2. The summed E-state index contributed by atoms with van der Waals surface area (Å²) in [7, 11) is 0. The molecule has 40 heavy (non-hydrogen) atoms. The van der Waals surface area contributed by atoms with Gasteiger partial charge in [-0.15, -0.1) is 0 Å². The molecule has 1 saturated heterocycles. The van der Waals surface area contributed by atoms with Crippen molar-refractivity contribution in [2.24, 2.45) is 0 Å². The molecular formula is C28H26Cl2N8O2. The van der Waals surface area contributed by atoms with Gasteiger partial charge in [0.1, 0.15) is 21.7 Å². The summed E-state index contributed by atoms with van der Waals surface area (Å²) in [5, 5.41) is 7.31. The Kier molecular flexibility index (Phi) is 7.52. The SMILES string of the molecule is O=C(COc1ccc2cc1CCc1cncc(c1)Nc1ncc(Cl)c(n1)N2)N1CCN(c2cccc(Cl)n2)CC1. The molecule has 1 amide bonds. The molecule has 2 aliphatic heterocycles. The van der Waals surface area contributed by atoms with Gasteiger partial charge >= 0.3 is 0 Å². The summed E-state index contributed by atoms with van der Waals surface area (Å²) < 4.78 is 6.09. The van der Waals surface area contributed by atoms with Gasteiger partial charge < -0.3 is 25.2 Å². The Bertz CT molecular complexity index is 1540. The monoisotopic (exact) mass is 576 g/mol. The van der Waals surface area contributed by atoms with Crippen LogP contribution in [0.15, 0.2) is 61.1 Å². The quantitative estimate of drug-likeness (QED) is 0.328. The molecule has 6 rings (SSSR count). The second-order valence-corrected chi connectivity index (χ2v) is 10.3. The van der Waals surface area contributed by atoms with Crippen LogP contribution in [0, 0.1) is 0 Å². The van der Waals surface area contributed by atoms with Crippen molar-refractivity contribution in [3.05, 3.63) is 82.4 Å². The molecule has 204 valence electrons. The molecule has 1 fully saturated rings. The fourth-order valence-corrected chi connectivity index (χ4v) is 5.03. The van der Waals surface area contributed by atoms with Crippen molar-refractivity contribution in [2.75, 3.05) is 48.3 Å². The minimum atomic E-state index is -0.0546. The first-order valence-corrected chi connectivity index (χ1v) is 13.7. The van der Waals surface area contributed by atoms with Gasteiger partial charge in [0.2, 0.25) is 5.95 Å². The first-order chi connectivity index (χ1) is 19.5. The summed E-state index contributed by atoms with van der Waals surface area (Å²) in [6, 6.07) is 13.3. The van der Waals surface area contributed by atoms with Crippen LogP contribution in [0.4, 0.5) is 29.0 Å². The Morgan fingerprint density at radius 1 is 0.925 bits per heavy atom. The first kappa shape index (κ1) is 26.1. The number of aromatic nitrogens is 4. The number of nitrogens with zero attached hydrogens (tertiary/aromatic N) is 6. The smallest absolute Gasteiger partial charge is 0.260 e. The van der Waals surface area contributed by atoms with E-state index in [0.29, 0.717) is 60.3 Å². The molecule has 3 aromatic heterocycles. The molecule has 0 atom stereocenters. The average Bonchev–Trinajstić information content (AvgIpc) is 2.97. The van der Waals surface area contributed by atoms with E-state index in [9.17, 15) is 4.79 Å². The highest BCUT2D eigenvalue weighted by atomic mass is 35.5. The zero-order valence-electron chi connectivity index (χ0n) is 21.5. The van der Waals surface area contributed by atoms with E-state index in [2.05, 4.69) is 35.5 Å². The summed E-state index contributed by atoms with van der Waals surface area (Å²) in [6.45, 7) is 2.49. The molecule has 2 N–H and O–H groups in total. The van der Waals surface area contributed by atoms with E-state index in [4.69, 9.17) is 27.9 Å². The number of ether oxygens (including phenoxy) is 1. The molecule has 12 heteroatoms. The van der Waals surface area contributed by atoms with Crippen molar-refractivity contribution in [1.29, 1.82) is 0 Å². The maximum absolute atomic E-state index is 13.0. The second kappa shape index (κ2) is 11.5. The number of anilines is 5. The Labute approximate surface area is 241 Å². The van der Waals surface area contributed by atoms with Gasteiger partial charge in [-0.3, -0.25) is 9.78 Å². The summed E-state index contributed by atoms with van der Waals surface area (Å²) in [5.41, 5.74) is 3.59. The highest BCUT2D eigenvalue weighted by Gasteiger charge is 2.23. The number of fused-ring (bicyclic) bond motifs is 6. The Hall–Kier alpha value is -4.15. The summed E-state index contributed by atoms with van der Waals surface area (Å²) in [6.07, 6.45) is 6.52. The number of pyridine rings is 2. The van der Waals surface area contributed by atoms with E-state index in [-0.39, 0.29) is 12.5 Å².